The Morgan fingerprint density at radius 3 is 2.70 bits per heavy atom. The average Bonchev–Trinajstić information content (AvgIpc) is 3.49. The smallest absolute Gasteiger partial charge is 0.192 e. The second-order valence-electron chi connectivity index (χ2n) is 11.4. The SMILES string of the molecule is CC(C)Oc1ccc(-c2nc(-c3cccc4c3CC[C@@H]4NCCO[Si](C)(C)C(C)(C)C)ns2)cc1C#N. The molecule has 0 bridgehead atoms. The Morgan fingerprint density at radius 1 is 1.22 bits per heavy atom. The number of nitrogens with one attached hydrogen (secondary N) is 1. The first-order valence-corrected chi connectivity index (χ1v) is 16.7. The lowest BCUT2D eigenvalue weighted by Gasteiger charge is -2.36. The van der Waals surface area contributed by atoms with Crippen molar-refractivity contribution in [2.24, 2.45) is 0 Å². The molecule has 6 nitrogen and oxygen atoms in total. The lowest BCUT2D eigenvalue weighted by atomic mass is 10.0. The van der Waals surface area contributed by atoms with Crippen molar-refractivity contribution in [3.63, 3.8) is 0 Å². The Hall–Kier alpha value is -2.57. The fraction of sp³-hybridized carbons (Fsp3) is 0.483. The number of ether oxygens (including phenoxy) is 1. The van der Waals surface area contributed by atoms with Crippen molar-refractivity contribution >= 4 is 19.8 Å². The van der Waals surface area contributed by atoms with E-state index in [9.17, 15) is 5.26 Å². The highest BCUT2D eigenvalue weighted by atomic mass is 32.1. The highest BCUT2D eigenvalue weighted by molar-refractivity contribution is 7.09. The molecule has 4 rings (SSSR count). The fourth-order valence-electron chi connectivity index (χ4n) is 4.39. The van der Waals surface area contributed by atoms with Crippen molar-refractivity contribution in [3.8, 4) is 33.8 Å². The molecule has 0 saturated carbocycles. The van der Waals surface area contributed by atoms with Gasteiger partial charge in [-0.25, -0.2) is 4.98 Å². The number of fused-ring (bicyclic) bond motifs is 1. The molecule has 1 aromatic heterocycles. The number of rotatable bonds is 9. The molecule has 1 heterocycles. The summed E-state index contributed by atoms with van der Waals surface area (Å²) in [5.74, 6) is 1.35. The lowest BCUT2D eigenvalue weighted by molar-refractivity contribution is 0.242. The first-order chi connectivity index (χ1) is 17.5. The summed E-state index contributed by atoms with van der Waals surface area (Å²) in [4.78, 5) is 4.87. The van der Waals surface area contributed by atoms with Gasteiger partial charge < -0.3 is 14.5 Å². The lowest BCUT2D eigenvalue weighted by Crippen LogP contribution is -2.42. The third kappa shape index (κ3) is 6.12. The van der Waals surface area contributed by atoms with Gasteiger partial charge in [0.1, 0.15) is 16.8 Å². The molecule has 1 atom stereocenters. The molecular formula is C29H38N4O2SSi. The first-order valence-electron chi connectivity index (χ1n) is 13.0. The van der Waals surface area contributed by atoms with Crippen LogP contribution in [0.15, 0.2) is 36.4 Å². The van der Waals surface area contributed by atoms with Gasteiger partial charge in [-0.3, -0.25) is 0 Å². The molecule has 3 aromatic rings. The highest BCUT2D eigenvalue weighted by Crippen LogP contribution is 2.39. The molecule has 37 heavy (non-hydrogen) atoms. The summed E-state index contributed by atoms with van der Waals surface area (Å²) in [6.45, 7) is 16.9. The molecule has 0 spiro atoms. The summed E-state index contributed by atoms with van der Waals surface area (Å²) in [6.07, 6.45) is 2.07. The Labute approximate surface area is 226 Å². The molecule has 0 unspecified atom stereocenters. The zero-order valence-corrected chi connectivity index (χ0v) is 24.8. The summed E-state index contributed by atoms with van der Waals surface area (Å²) in [7, 11) is -1.73. The van der Waals surface area contributed by atoms with Gasteiger partial charge >= 0.3 is 0 Å². The van der Waals surface area contributed by atoms with Crippen LogP contribution in [0.1, 0.15) is 63.8 Å². The summed E-state index contributed by atoms with van der Waals surface area (Å²) >= 11 is 1.36. The molecule has 196 valence electrons. The number of nitrogens with zero attached hydrogens (tertiary/aromatic N) is 3. The van der Waals surface area contributed by atoms with E-state index in [2.05, 4.69) is 63.5 Å². The molecular weight excluding hydrogens is 496 g/mol. The van der Waals surface area contributed by atoms with E-state index in [-0.39, 0.29) is 11.1 Å². The summed E-state index contributed by atoms with van der Waals surface area (Å²) < 4.78 is 16.8. The van der Waals surface area contributed by atoms with E-state index in [0.29, 0.717) is 17.4 Å². The zero-order valence-electron chi connectivity index (χ0n) is 23.0. The number of nitriles is 1. The van der Waals surface area contributed by atoms with Crippen molar-refractivity contribution in [1.82, 2.24) is 14.7 Å². The van der Waals surface area contributed by atoms with Crippen LogP contribution >= 0.6 is 11.5 Å². The number of hydrogen-bond donors (Lipinski definition) is 1. The first kappa shape index (κ1) is 27.5. The quantitative estimate of drug-likeness (QED) is 0.232. The van der Waals surface area contributed by atoms with Crippen LogP contribution in [-0.4, -0.2) is 36.9 Å². The van der Waals surface area contributed by atoms with E-state index in [1.807, 2.05) is 32.0 Å². The maximum atomic E-state index is 9.59. The minimum Gasteiger partial charge on any atom is -0.490 e. The minimum absolute atomic E-state index is 0.00860. The van der Waals surface area contributed by atoms with Gasteiger partial charge in [0, 0.05) is 30.3 Å². The maximum absolute atomic E-state index is 9.59. The summed E-state index contributed by atoms with van der Waals surface area (Å²) in [6, 6.07) is 14.6. The molecule has 0 fully saturated rings. The van der Waals surface area contributed by atoms with Gasteiger partial charge in [0.2, 0.25) is 0 Å². The van der Waals surface area contributed by atoms with E-state index >= 15 is 0 Å². The van der Waals surface area contributed by atoms with Crippen LogP contribution in [0, 0.1) is 11.3 Å². The molecule has 2 aromatic carbocycles. The Kier molecular flexibility index (Phi) is 8.19. The van der Waals surface area contributed by atoms with E-state index in [4.69, 9.17) is 18.5 Å². The number of aromatic nitrogens is 2. The van der Waals surface area contributed by atoms with Crippen LogP contribution in [0.3, 0.4) is 0 Å². The third-order valence-electron chi connectivity index (χ3n) is 7.41. The monoisotopic (exact) mass is 534 g/mol. The molecule has 1 aliphatic carbocycles. The summed E-state index contributed by atoms with van der Waals surface area (Å²) in [5.41, 5.74) is 5.15. The molecule has 0 radical (unpaired) electrons. The van der Waals surface area contributed by atoms with E-state index in [1.54, 1.807) is 0 Å². The largest absolute Gasteiger partial charge is 0.490 e. The molecule has 0 saturated heterocycles. The van der Waals surface area contributed by atoms with E-state index < -0.39 is 8.32 Å². The van der Waals surface area contributed by atoms with Crippen LogP contribution < -0.4 is 10.1 Å². The van der Waals surface area contributed by atoms with Gasteiger partial charge in [-0.15, -0.1) is 0 Å². The topological polar surface area (TPSA) is 80.1 Å². The fourth-order valence-corrected chi connectivity index (χ4v) is 6.11. The standard InChI is InChI=1S/C29H38N4O2SSi/c1-19(2)35-26-14-11-20(17-21(26)18-30)28-32-27(33-36-28)24-10-8-9-23-22(24)12-13-25(23)31-15-16-34-37(6,7)29(3,4)5/h8-11,14,17,19,25,31H,12-13,15-16H2,1-7H3/t25-/m0/s1. The van der Waals surface area contributed by atoms with Gasteiger partial charge in [0.25, 0.3) is 0 Å². The van der Waals surface area contributed by atoms with Gasteiger partial charge in [-0.05, 0) is 85.7 Å². The second-order valence-corrected chi connectivity index (χ2v) is 17.0. The van der Waals surface area contributed by atoms with Crippen molar-refractivity contribution < 1.29 is 9.16 Å². The Bertz CT molecular complexity index is 1290. The predicted molar refractivity (Wildman–Crippen MR) is 153 cm³/mol. The highest BCUT2D eigenvalue weighted by Gasteiger charge is 2.37. The van der Waals surface area contributed by atoms with Gasteiger partial charge in [-0.1, -0.05) is 39.0 Å². The molecule has 1 N–H and O–H groups in total. The van der Waals surface area contributed by atoms with Gasteiger partial charge in [-0.2, -0.15) is 9.64 Å². The van der Waals surface area contributed by atoms with Crippen LogP contribution in [0.2, 0.25) is 18.1 Å². The maximum Gasteiger partial charge on any atom is 0.192 e. The van der Waals surface area contributed by atoms with E-state index in [1.165, 1.54) is 22.7 Å². The Morgan fingerprint density at radius 2 is 2.00 bits per heavy atom. The van der Waals surface area contributed by atoms with Crippen molar-refractivity contribution in [2.45, 2.75) is 77.7 Å². The minimum atomic E-state index is -1.73. The van der Waals surface area contributed by atoms with Gasteiger partial charge in [0.15, 0.2) is 14.1 Å². The number of benzene rings is 2. The van der Waals surface area contributed by atoms with Crippen LogP contribution in [-0.2, 0) is 10.8 Å². The van der Waals surface area contributed by atoms with Crippen LogP contribution in [0.5, 0.6) is 5.75 Å². The Balaban J connectivity index is 1.47. The zero-order chi connectivity index (χ0) is 26.8. The molecule has 0 amide bonds. The average molecular weight is 535 g/mol. The van der Waals surface area contributed by atoms with E-state index in [0.717, 1.165) is 48.0 Å². The predicted octanol–water partition coefficient (Wildman–Crippen LogP) is 7.13. The van der Waals surface area contributed by atoms with Crippen LogP contribution in [0.4, 0.5) is 0 Å². The normalized spacial score (nSPS) is 15.6. The van der Waals surface area contributed by atoms with Crippen molar-refractivity contribution in [1.29, 1.82) is 5.26 Å². The van der Waals surface area contributed by atoms with Crippen molar-refractivity contribution in [2.75, 3.05) is 13.2 Å². The number of hydrogen-bond acceptors (Lipinski definition) is 7. The third-order valence-corrected chi connectivity index (χ3v) is 12.7. The molecule has 0 aliphatic heterocycles. The molecule has 1 aliphatic rings. The van der Waals surface area contributed by atoms with Gasteiger partial charge in [0.05, 0.1) is 11.7 Å². The molecule has 8 heteroatoms. The summed E-state index contributed by atoms with van der Waals surface area (Å²) in [5, 5.41) is 14.3. The second kappa shape index (κ2) is 11.0. The van der Waals surface area contributed by atoms with Crippen molar-refractivity contribution in [3.05, 3.63) is 53.1 Å². The van der Waals surface area contributed by atoms with Crippen LogP contribution in [0.25, 0.3) is 22.0 Å².